The highest BCUT2D eigenvalue weighted by Gasteiger charge is 2.40. The van der Waals surface area contributed by atoms with Gasteiger partial charge in [-0.05, 0) is 49.7 Å². The second kappa shape index (κ2) is 12.5. The maximum Gasteiger partial charge on any atom is 0.338 e. The van der Waals surface area contributed by atoms with Gasteiger partial charge in [0.1, 0.15) is 6.61 Å². The second-order valence-electron chi connectivity index (χ2n) is 9.52. The van der Waals surface area contributed by atoms with Crippen LogP contribution in [0.1, 0.15) is 63.2 Å². The normalized spacial score (nSPS) is 28.5. The Labute approximate surface area is 197 Å². The van der Waals surface area contributed by atoms with Gasteiger partial charge in [-0.2, -0.15) is 0 Å². The lowest BCUT2D eigenvalue weighted by molar-refractivity contribution is -0.254. The molecule has 0 spiro atoms. The summed E-state index contributed by atoms with van der Waals surface area (Å²) in [6.45, 7) is 8.47. The Kier molecular flexibility index (Phi) is 9.71. The van der Waals surface area contributed by atoms with Crippen molar-refractivity contribution in [2.75, 3.05) is 26.3 Å². The zero-order valence-electron chi connectivity index (χ0n) is 20.2. The van der Waals surface area contributed by atoms with Crippen molar-refractivity contribution in [3.8, 4) is 0 Å². The minimum atomic E-state index is -0.351. The van der Waals surface area contributed by atoms with Gasteiger partial charge in [0.25, 0.3) is 0 Å². The number of likely N-dealkylation sites (tertiary alicyclic amines) is 1. The van der Waals surface area contributed by atoms with E-state index < -0.39 is 0 Å². The summed E-state index contributed by atoms with van der Waals surface area (Å²) in [5.41, 5.74) is 0.533. The van der Waals surface area contributed by atoms with Crippen molar-refractivity contribution < 1.29 is 28.9 Å². The van der Waals surface area contributed by atoms with Gasteiger partial charge in [0.15, 0.2) is 6.29 Å². The topological polar surface area (TPSA) is 85.3 Å². The minimum Gasteiger partial charge on any atom is -0.459 e. The van der Waals surface area contributed by atoms with Crippen LogP contribution in [-0.2, 0) is 19.0 Å². The lowest BCUT2D eigenvalue weighted by Gasteiger charge is -2.43. The number of benzene rings is 1. The number of hydrogen-bond donors (Lipinski definition) is 1. The lowest BCUT2D eigenvalue weighted by Crippen LogP contribution is -2.48. The number of carbonyl (C=O) groups excluding carboxylic acids is 2. The summed E-state index contributed by atoms with van der Waals surface area (Å²) >= 11 is 0. The summed E-state index contributed by atoms with van der Waals surface area (Å²) in [4.78, 5) is 26.5. The molecular weight excluding hydrogens is 422 g/mol. The highest BCUT2D eigenvalue weighted by atomic mass is 16.7. The van der Waals surface area contributed by atoms with E-state index in [1.165, 1.54) is 0 Å². The Bertz CT molecular complexity index is 748. The molecule has 0 aliphatic carbocycles. The number of rotatable bonds is 9. The number of esters is 1. The first-order valence-electron chi connectivity index (χ1n) is 12.3. The number of hydrogen-bond acceptors (Lipinski definition) is 6. The van der Waals surface area contributed by atoms with Crippen LogP contribution in [-0.4, -0.2) is 66.7 Å². The average Bonchev–Trinajstić information content (AvgIpc) is 2.83. The van der Waals surface area contributed by atoms with E-state index >= 15 is 0 Å². The summed E-state index contributed by atoms with van der Waals surface area (Å²) < 4.78 is 17.8. The summed E-state index contributed by atoms with van der Waals surface area (Å²) in [6.07, 6.45) is 2.56. The van der Waals surface area contributed by atoms with Crippen molar-refractivity contribution >= 4 is 11.9 Å². The first kappa shape index (κ1) is 25.7. The summed E-state index contributed by atoms with van der Waals surface area (Å²) in [6, 6.07) is 8.97. The monoisotopic (exact) mass is 461 g/mol. The Morgan fingerprint density at radius 1 is 1.03 bits per heavy atom. The van der Waals surface area contributed by atoms with E-state index in [1.807, 2.05) is 23.1 Å². The van der Waals surface area contributed by atoms with Crippen LogP contribution in [0.25, 0.3) is 0 Å². The third-order valence-electron chi connectivity index (χ3n) is 7.26. The minimum absolute atomic E-state index is 0.159. The number of amides is 1. The molecule has 2 aliphatic rings. The zero-order valence-corrected chi connectivity index (χ0v) is 20.2. The van der Waals surface area contributed by atoms with Crippen molar-refractivity contribution in [2.24, 2.45) is 17.8 Å². The largest absolute Gasteiger partial charge is 0.459 e. The van der Waals surface area contributed by atoms with Gasteiger partial charge in [-0.1, -0.05) is 39.0 Å². The van der Waals surface area contributed by atoms with E-state index in [9.17, 15) is 14.7 Å². The van der Waals surface area contributed by atoms with Crippen molar-refractivity contribution in [3.05, 3.63) is 35.9 Å². The van der Waals surface area contributed by atoms with Crippen LogP contribution in [0, 0.1) is 17.8 Å². The number of ether oxygens (including phenoxy) is 3. The predicted octanol–water partition coefficient (Wildman–Crippen LogP) is 3.65. The van der Waals surface area contributed by atoms with Gasteiger partial charge >= 0.3 is 5.97 Å². The fourth-order valence-electron chi connectivity index (χ4n) is 4.53. The highest BCUT2D eigenvalue weighted by Crippen LogP contribution is 2.35. The number of aliphatic hydroxyl groups excluding tert-OH is 1. The molecule has 1 N–H and O–H groups in total. The smallest absolute Gasteiger partial charge is 0.338 e. The van der Waals surface area contributed by atoms with Crippen LogP contribution in [0.3, 0.4) is 0 Å². The van der Waals surface area contributed by atoms with Crippen LogP contribution in [0.5, 0.6) is 0 Å². The Hall–Kier alpha value is -1.96. The van der Waals surface area contributed by atoms with E-state index in [4.69, 9.17) is 14.2 Å². The van der Waals surface area contributed by atoms with Crippen molar-refractivity contribution in [1.82, 2.24) is 4.90 Å². The molecule has 0 bridgehead atoms. The molecule has 7 nitrogen and oxygen atoms in total. The van der Waals surface area contributed by atoms with Crippen LogP contribution >= 0.6 is 0 Å². The number of nitrogens with zero attached hydrogens (tertiary/aromatic N) is 1. The fraction of sp³-hybridized carbons (Fsp3) is 0.692. The summed E-state index contributed by atoms with van der Waals surface area (Å²) in [5.74, 6) is 0.641. The molecule has 0 saturated carbocycles. The molecule has 2 heterocycles. The quantitative estimate of drug-likeness (QED) is 0.446. The van der Waals surface area contributed by atoms with Crippen molar-refractivity contribution in [1.29, 1.82) is 0 Å². The number of aliphatic hydroxyl groups is 1. The highest BCUT2D eigenvalue weighted by molar-refractivity contribution is 5.89. The van der Waals surface area contributed by atoms with E-state index in [2.05, 4.69) is 20.8 Å². The van der Waals surface area contributed by atoms with E-state index in [0.29, 0.717) is 50.4 Å². The van der Waals surface area contributed by atoms with E-state index in [1.54, 1.807) is 12.1 Å². The molecule has 2 saturated heterocycles. The molecule has 184 valence electrons. The van der Waals surface area contributed by atoms with Crippen LogP contribution in [0.2, 0.25) is 0 Å². The Morgan fingerprint density at radius 2 is 1.73 bits per heavy atom. The average molecular weight is 462 g/mol. The van der Waals surface area contributed by atoms with Gasteiger partial charge < -0.3 is 24.2 Å². The number of piperidine rings is 1. The van der Waals surface area contributed by atoms with Gasteiger partial charge in [-0.15, -0.1) is 0 Å². The standard InChI is InChI=1S/C26H39NO6/c1-18-19(2)23(17-32-25(30)21-9-5-4-6-10-21)33-26(20(18)3)31-16-8-7-11-24(29)27-14-12-22(28)13-15-27/h4-6,9-10,18-20,22-23,26,28H,7-8,11-17H2,1-3H3/t18-,19+,20?,23?,26+/m0/s1. The lowest BCUT2D eigenvalue weighted by atomic mass is 9.79. The first-order valence-corrected chi connectivity index (χ1v) is 12.3. The summed E-state index contributed by atoms with van der Waals surface area (Å²) in [5, 5.41) is 9.58. The molecule has 0 aromatic heterocycles. The number of carbonyl (C=O) groups is 2. The second-order valence-corrected chi connectivity index (χ2v) is 9.52. The molecule has 7 heteroatoms. The Balaban J connectivity index is 1.39. The van der Waals surface area contributed by atoms with Crippen LogP contribution in [0.4, 0.5) is 0 Å². The molecule has 2 aliphatic heterocycles. The molecular formula is C26H39NO6. The Morgan fingerprint density at radius 3 is 2.42 bits per heavy atom. The zero-order chi connectivity index (χ0) is 23.8. The molecule has 1 aromatic rings. The molecule has 1 amide bonds. The molecule has 33 heavy (non-hydrogen) atoms. The van der Waals surface area contributed by atoms with Crippen LogP contribution in [0.15, 0.2) is 30.3 Å². The van der Waals surface area contributed by atoms with Crippen molar-refractivity contribution in [3.63, 3.8) is 0 Å². The fourth-order valence-corrected chi connectivity index (χ4v) is 4.53. The third kappa shape index (κ3) is 7.26. The molecule has 1 aromatic carbocycles. The summed E-state index contributed by atoms with van der Waals surface area (Å²) in [7, 11) is 0. The maximum atomic E-state index is 12.3. The SMILES string of the molecule is CC1[C@H](OCCCCC(=O)N2CCC(O)CC2)OC(COC(=O)c2ccccc2)[C@H](C)[C@@H]1C. The first-order chi connectivity index (χ1) is 15.9. The molecule has 0 radical (unpaired) electrons. The van der Waals surface area contributed by atoms with E-state index in [-0.39, 0.29) is 48.8 Å². The van der Waals surface area contributed by atoms with Crippen LogP contribution < -0.4 is 0 Å². The predicted molar refractivity (Wildman–Crippen MR) is 125 cm³/mol. The molecule has 5 atom stereocenters. The van der Waals surface area contributed by atoms with Gasteiger partial charge in [0, 0.05) is 32.0 Å². The molecule has 3 rings (SSSR count). The number of unbranched alkanes of at least 4 members (excludes halogenated alkanes) is 1. The molecule has 2 fully saturated rings. The van der Waals surface area contributed by atoms with Gasteiger partial charge in [-0.3, -0.25) is 4.79 Å². The van der Waals surface area contributed by atoms with Gasteiger partial charge in [0.05, 0.1) is 17.8 Å². The maximum absolute atomic E-state index is 12.3. The molecule has 2 unspecified atom stereocenters. The van der Waals surface area contributed by atoms with Gasteiger partial charge in [-0.25, -0.2) is 4.79 Å². The van der Waals surface area contributed by atoms with E-state index in [0.717, 1.165) is 12.8 Å². The third-order valence-corrected chi connectivity index (χ3v) is 7.26. The van der Waals surface area contributed by atoms with Crippen molar-refractivity contribution in [2.45, 2.75) is 71.4 Å². The van der Waals surface area contributed by atoms with Gasteiger partial charge in [0.2, 0.25) is 5.91 Å².